The van der Waals surface area contributed by atoms with Crippen molar-refractivity contribution in [2.75, 3.05) is 0 Å². The standard InChI is InChI=1S/C27H26O3/c1-17(2)21-11-9-20(10-12-21)15-25-26(28)23-13-14-24(19(4)27(23)30-25)29-16-22-8-6-5-7-18(22)3/h5-15,17H,16H2,1-4H3/b25-15-. The molecule has 0 aliphatic carbocycles. The van der Waals surface area contributed by atoms with Crippen molar-refractivity contribution in [1.29, 1.82) is 0 Å². The van der Waals surface area contributed by atoms with Crippen molar-refractivity contribution < 1.29 is 14.3 Å². The monoisotopic (exact) mass is 398 g/mol. The largest absolute Gasteiger partial charge is 0.488 e. The molecule has 0 unspecified atom stereocenters. The highest BCUT2D eigenvalue weighted by molar-refractivity contribution is 6.14. The molecule has 0 spiro atoms. The molecule has 0 saturated carbocycles. The lowest BCUT2D eigenvalue weighted by atomic mass is 10.0. The van der Waals surface area contributed by atoms with Crippen molar-refractivity contribution in [2.24, 2.45) is 0 Å². The highest BCUT2D eigenvalue weighted by Gasteiger charge is 2.30. The van der Waals surface area contributed by atoms with E-state index in [2.05, 4.69) is 45.0 Å². The van der Waals surface area contributed by atoms with Crippen molar-refractivity contribution >= 4 is 11.9 Å². The van der Waals surface area contributed by atoms with E-state index in [1.54, 1.807) is 12.1 Å². The summed E-state index contributed by atoms with van der Waals surface area (Å²) >= 11 is 0. The quantitative estimate of drug-likeness (QED) is 0.453. The third-order valence-electron chi connectivity index (χ3n) is 5.58. The Kier molecular flexibility index (Phi) is 5.45. The first kappa shape index (κ1) is 20.0. The minimum atomic E-state index is -0.0912. The van der Waals surface area contributed by atoms with Crippen LogP contribution in [0.15, 0.2) is 66.4 Å². The summed E-state index contributed by atoms with van der Waals surface area (Å²) in [6.45, 7) is 8.80. The summed E-state index contributed by atoms with van der Waals surface area (Å²) in [7, 11) is 0. The zero-order valence-corrected chi connectivity index (χ0v) is 17.9. The summed E-state index contributed by atoms with van der Waals surface area (Å²) in [5.41, 5.74) is 5.97. The Bertz CT molecular complexity index is 1120. The molecule has 1 aliphatic heterocycles. The van der Waals surface area contributed by atoms with E-state index in [1.807, 2.05) is 37.3 Å². The predicted octanol–water partition coefficient (Wildman–Crippen LogP) is 6.62. The highest BCUT2D eigenvalue weighted by Crippen LogP contribution is 2.39. The van der Waals surface area contributed by atoms with Crippen molar-refractivity contribution in [3.63, 3.8) is 0 Å². The summed E-state index contributed by atoms with van der Waals surface area (Å²) in [5, 5.41) is 0. The number of carbonyl (C=O) groups is 1. The Morgan fingerprint density at radius 3 is 2.40 bits per heavy atom. The SMILES string of the molecule is Cc1ccccc1COc1ccc2c(c1C)O/C(=C\c1ccc(C(C)C)cc1)C2=O. The average molecular weight is 399 g/mol. The maximum Gasteiger partial charge on any atom is 0.231 e. The Balaban J connectivity index is 1.55. The molecule has 0 bridgehead atoms. The van der Waals surface area contributed by atoms with Crippen LogP contribution in [0.25, 0.3) is 6.08 Å². The fourth-order valence-electron chi connectivity index (χ4n) is 3.58. The number of Topliss-reactive ketones (excluding diaryl/α,β-unsaturated/α-hetero) is 1. The molecule has 0 radical (unpaired) electrons. The fraction of sp³-hybridized carbons (Fsp3) is 0.222. The fourth-order valence-corrected chi connectivity index (χ4v) is 3.58. The first-order valence-corrected chi connectivity index (χ1v) is 10.3. The predicted molar refractivity (Wildman–Crippen MR) is 120 cm³/mol. The van der Waals surface area contributed by atoms with Gasteiger partial charge in [-0.15, -0.1) is 0 Å². The third-order valence-corrected chi connectivity index (χ3v) is 5.58. The van der Waals surface area contributed by atoms with E-state index >= 15 is 0 Å². The van der Waals surface area contributed by atoms with Crippen LogP contribution in [0.3, 0.4) is 0 Å². The van der Waals surface area contributed by atoms with E-state index in [4.69, 9.17) is 9.47 Å². The topological polar surface area (TPSA) is 35.5 Å². The van der Waals surface area contributed by atoms with Crippen LogP contribution >= 0.6 is 0 Å². The van der Waals surface area contributed by atoms with Crippen molar-refractivity contribution in [3.8, 4) is 11.5 Å². The number of ether oxygens (including phenoxy) is 2. The smallest absolute Gasteiger partial charge is 0.231 e. The Hall–Kier alpha value is -3.33. The van der Waals surface area contributed by atoms with Gasteiger partial charge in [-0.05, 0) is 60.2 Å². The van der Waals surface area contributed by atoms with Gasteiger partial charge in [0.2, 0.25) is 5.78 Å². The van der Waals surface area contributed by atoms with Gasteiger partial charge in [0.1, 0.15) is 18.1 Å². The molecule has 0 atom stereocenters. The number of rotatable bonds is 5. The minimum absolute atomic E-state index is 0.0912. The van der Waals surface area contributed by atoms with Gasteiger partial charge in [-0.1, -0.05) is 62.4 Å². The number of hydrogen-bond donors (Lipinski definition) is 0. The molecule has 1 heterocycles. The molecule has 3 heteroatoms. The average Bonchev–Trinajstić information content (AvgIpc) is 3.05. The van der Waals surface area contributed by atoms with Crippen LogP contribution < -0.4 is 9.47 Å². The van der Waals surface area contributed by atoms with Gasteiger partial charge in [0.25, 0.3) is 0 Å². The van der Waals surface area contributed by atoms with Crippen molar-refractivity contribution in [3.05, 3.63) is 99.8 Å². The molecule has 3 aromatic rings. The van der Waals surface area contributed by atoms with Crippen LogP contribution in [-0.4, -0.2) is 5.78 Å². The van der Waals surface area contributed by atoms with E-state index in [1.165, 1.54) is 11.1 Å². The maximum absolute atomic E-state index is 12.8. The summed E-state index contributed by atoms with van der Waals surface area (Å²) < 4.78 is 12.0. The van der Waals surface area contributed by atoms with Gasteiger partial charge in [-0.2, -0.15) is 0 Å². The maximum atomic E-state index is 12.8. The molecular weight excluding hydrogens is 372 g/mol. The lowest BCUT2D eigenvalue weighted by Gasteiger charge is -2.12. The van der Waals surface area contributed by atoms with Gasteiger partial charge in [0, 0.05) is 5.56 Å². The molecule has 3 aromatic carbocycles. The highest BCUT2D eigenvalue weighted by atomic mass is 16.5. The van der Waals surface area contributed by atoms with Crippen LogP contribution in [0, 0.1) is 13.8 Å². The Morgan fingerprint density at radius 1 is 0.967 bits per heavy atom. The first-order valence-electron chi connectivity index (χ1n) is 10.3. The van der Waals surface area contributed by atoms with Gasteiger partial charge < -0.3 is 9.47 Å². The molecule has 0 saturated heterocycles. The second kappa shape index (κ2) is 8.19. The number of benzene rings is 3. The second-order valence-electron chi connectivity index (χ2n) is 8.04. The molecule has 0 aromatic heterocycles. The molecule has 152 valence electrons. The Morgan fingerprint density at radius 2 is 1.70 bits per heavy atom. The molecule has 4 rings (SSSR count). The number of aryl methyl sites for hydroxylation is 1. The van der Waals surface area contributed by atoms with E-state index < -0.39 is 0 Å². The van der Waals surface area contributed by atoms with Crippen LogP contribution in [0.5, 0.6) is 11.5 Å². The number of carbonyl (C=O) groups excluding carboxylic acids is 1. The van der Waals surface area contributed by atoms with Gasteiger partial charge in [-0.3, -0.25) is 4.79 Å². The first-order chi connectivity index (χ1) is 14.4. The number of fused-ring (bicyclic) bond motifs is 1. The molecule has 0 fully saturated rings. The summed E-state index contributed by atoms with van der Waals surface area (Å²) in [5.74, 6) is 2.05. The normalized spacial score (nSPS) is 14.2. The second-order valence-corrected chi connectivity index (χ2v) is 8.04. The lowest BCUT2D eigenvalue weighted by molar-refractivity contribution is 0.101. The number of hydrogen-bond acceptors (Lipinski definition) is 3. The summed E-state index contributed by atoms with van der Waals surface area (Å²) in [6.07, 6.45) is 1.81. The minimum Gasteiger partial charge on any atom is -0.488 e. The zero-order chi connectivity index (χ0) is 21.3. The van der Waals surface area contributed by atoms with Crippen LogP contribution in [0.2, 0.25) is 0 Å². The summed E-state index contributed by atoms with van der Waals surface area (Å²) in [4.78, 5) is 12.8. The lowest BCUT2D eigenvalue weighted by Crippen LogP contribution is -2.00. The van der Waals surface area contributed by atoms with E-state index in [-0.39, 0.29) is 5.78 Å². The van der Waals surface area contributed by atoms with Crippen molar-refractivity contribution in [1.82, 2.24) is 0 Å². The van der Waals surface area contributed by atoms with Gasteiger partial charge in [0.05, 0.1) is 5.56 Å². The van der Waals surface area contributed by atoms with E-state index in [9.17, 15) is 4.79 Å². The van der Waals surface area contributed by atoms with Gasteiger partial charge in [0.15, 0.2) is 5.76 Å². The van der Waals surface area contributed by atoms with Gasteiger partial charge >= 0.3 is 0 Å². The molecular formula is C27H26O3. The molecule has 0 amide bonds. The van der Waals surface area contributed by atoms with E-state index in [0.29, 0.717) is 29.6 Å². The molecule has 1 aliphatic rings. The Labute approximate surface area is 178 Å². The van der Waals surface area contributed by atoms with Crippen LogP contribution in [-0.2, 0) is 6.61 Å². The van der Waals surface area contributed by atoms with E-state index in [0.717, 1.165) is 22.4 Å². The third kappa shape index (κ3) is 3.88. The summed E-state index contributed by atoms with van der Waals surface area (Å²) in [6, 6.07) is 20.0. The van der Waals surface area contributed by atoms with Crippen LogP contribution in [0.4, 0.5) is 0 Å². The number of ketones is 1. The number of allylic oxidation sites excluding steroid dienone is 1. The molecule has 30 heavy (non-hydrogen) atoms. The van der Waals surface area contributed by atoms with Crippen LogP contribution in [0.1, 0.15) is 57.9 Å². The molecule has 3 nitrogen and oxygen atoms in total. The van der Waals surface area contributed by atoms with Crippen molar-refractivity contribution in [2.45, 2.75) is 40.2 Å². The molecule has 0 N–H and O–H groups in total. The zero-order valence-electron chi connectivity index (χ0n) is 17.9. The van der Waals surface area contributed by atoms with Gasteiger partial charge in [-0.25, -0.2) is 0 Å².